The van der Waals surface area contributed by atoms with Crippen LogP contribution in [0.1, 0.15) is 29.9 Å². The SMILES string of the molecule is O=C1CC(Nc2ccc(C3CCOC3)cc2)C(=O)N1CCc1ccccc1. The molecule has 140 valence electrons. The van der Waals surface area contributed by atoms with Crippen LogP contribution in [0.15, 0.2) is 54.6 Å². The van der Waals surface area contributed by atoms with Crippen LogP contribution in [-0.4, -0.2) is 42.5 Å². The second-order valence-electron chi connectivity index (χ2n) is 7.20. The lowest BCUT2D eigenvalue weighted by molar-refractivity contribution is -0.138. The molecule has 0 aromatic heterocycles. The quantitative estimate of drug-likeness (QED) is 0.801. The molecule has 0 aliphatic carbocycles. The lowest BCUT2D eigenvalue weighted by atomic mass is 9.98. The molecule has 0 radical (unpaired) electrons. The van der Waals surface area contributed by atoms with Crippen LogP contribution in [0.2, 0.25) is 0 Å². The van der Waals surface area contributed by atoms with Crippen molar-refractivity contribution in [3.05, 3.63) is 65.7 Å². The highest BCUT2D eigenvalue weighted by molar-refractivity contribution is 6.06. The molecule has 2 fully saturated rings. The maximum absolute atomic E-state index is 12.6. The second kappa shape index (κ2) is 7.92. The van der Waals surface area contributed by atoms with Crippen LogP contribution in [0.5, 0.6) is 0 Å². The van der Waals surface area contributed by atoms with E-state index < -0.39 is 6.04 Å². The number of rotatable bonds is 6. The Morgan fingerprint density at radius 3 is 2.52 bits per heavy atom. The smallest absolute Gasteiger partial charge is 0.252 e. The molecular formula is C22H24N2O3. The van der Waals surface area contributed by atoms with E-state index in [1.165, 1.54) is 10.5 Å². The first-order chi connectivity index (χ1) is 13.2. The predicted molar refractivity (Wildman–Crippen MR) is 104 cm³/mol. The van der Waals surface area contributed by atoms with E-state index >= 15 is 0 Å². The van der Waals surface area contributed by atoms with Crippen LogP contribution < -0.4 is 5.32 Å². The number of hydrogen-bond donors (Lipinski definition) is 1. The third-order valence-corrected chi connectivity index (χ3v) is 5.36. The van der Waals surface area contributed by atoms with Crippen LogP contribution in [-0.2, 0) is 20.7 Å². The Morgan fingerprint density at radius 2 is 1.81 bits per heavy atom. The number of hydrogen-bond acceptors (Lipinski definition) is 4. The number of nitrogens with zero attached hydrogens (tertiary/aromatic N) is 1. The summed E-state index contributed by atoms with van der Waals surface area (Å²) >= 11 is 0. The molecule has 27 heavy (non-hydrogen) atoms. The van der Waals surface area contributed by atoms with Crippen molar-refractivity contribution in [3.8, 4) is 0 Å². The van der Waals surface area contributed by atoms with Gasteiger partial charge in [-0.15, -0.1) is 0 Å². The van der Waals surface area contributed by atoms with E-state index in [9.17, 15) is 9.59 Å². The van der Waals surface area contributed by atoms with Crippen molar-refractivity contribution in [2.75, 3.05) is 25.1 Å². The van der Waals surface area contributed by atoms with Gasteiger partial charge in [0.15, 0.2) is 0 Å². The molecule has 5 nitrogen and oxygen atoms in total. The Labute approximate surface area is 159 Å². The summed E-state index contributed by atoms with van der Waals surface area (Å²) < 4.78 is 5.44. The number of nitrogens with one attached hydrogen (secondary N) is 1. The molecule has 2 amide bonds. The molecule has 0 bridgehead atoms. The highest BCUT2D eigenvalue weighted by Crippen LogP contribution is 2.27. The van der Waals surface area contributed by atoms with Crippen LogP contribution in [0.3, 0.4) is 0 Å². The summed E-state index contributed by atoms with van der Waals surface area (Å²) in [4.78, 5) is 26.3. The third-order valence-electron chi connectivity index (χ3n) is 5.36. The number of imide groups is 1. The van der Waals surface area contributed by atoms with Gasteiger partial charge in [-0.2, -0.15) is 0 Å². The van der Waals surface area contributed by atoms with E-state index in [4.69, 9.17) is 4.74 Å². The molecule has 4 rings (SSSR count). The van der Waals surface area contributed by atoms with Gasteiger partial charge in [-0.1, -0.05) is 42.5 Å². The predicted octanol–water partition coefficient (Wildman–Crippen LogP) is 2.97. The number of amides is 2. The Bertz CT molecular complexity index is 798. The van der Waals surface area contributed by atoms with E-state index in [0.717, 1.165) is 30.9 Å². The standard InChI is InChI=1S/C22H24N2O3/c25-21-14-20(22(26)24(21)12-10-16-4-2-1-3-5-16)23-19-8-6-17(7-9-19)18-11-13-27-15-18/h1-9,18,20,23H,10-15H2. The lowest BCUT2D eigenvalue weighted by Gasteiger charge is -2.16. The van der Waals surface area contributed by atoms with Gasteiger partial charge in [-0.05, 0) is 36.1 Å². The number of carbonyl (C=O) groups is 2. The summed E-state index contributed by atoms with van der Waals surface area (Å²) in [6, 6.07) is 17.6. The molecule has 2 saturated heterocycles. The van der Waals surface area contributed by atoms with Crippen molar-refractivity contribution in [3.63, 3.8) is 0 Å². The van der Waals surface area contributed by atoms with Gasteiger partial charge >= 0.3 is 0 Å². The maximum atomic E-state index is 12.6. The molecule has 2 aromatic carbocycles. The number of anilines is 1. The van der Waals surface area contributed by atoms with Gasteiger partial charge in [-0.25, -0.2) is 0 Å². The van der Waals surface area contributed by atoms with Gasteiger partial charge in [-0.3, -0.25) is 14.5 Å². The van der Waals surface area contributed by atoms with Crippen LogP contribution in [0.4, 0.5) is 5.69 Å². The third kappa shape index (κ3) is 4.03. The lowest BCUT2D eigenvalue weighted by Crippen LogP contribution is -2.36. The molecule has 2 heterocycles. The number of likely N-dealkylation sites (tertiary alicyclic amines) is 1. The highest BCUT2D eigenvalue weighted by atomic mass is 16.5. The minimum Gasteiger partial charge on any atom is -0.381 e. The molecule has 5 heteroatoms. The van der Waals surface area contributed by atoms with Gasteiger partial charge in [0.05, 0.1) is 13.0 Å². The van der Waals surface area contributed by atoms with E-state index in [-0.39, 0.29) is 18.2 Å². The summed E-state index contributed by atoms with van der Waals surface area (Å²) in [7, 11) is 0. The Balaban J connectivity index is 1.35. The van der Waals surface area contributed by atoms with Crippen molar-refractivity contribution < 1.29 is 14.3 Å². The van der Waals surface area contributed by atoms with Crippen molar-refractivity contribution in [2.24, 2.45) is 0 Å². The molecule has 2 aromatic rings. The van der Waals surface area contributed by atoms with Crippen molar-refractivity contribution in [1.29, 1.82) is 0 Å². The Hall–Kier alpha value is -2.66. The van der Waals surface area contributed by atoms with E-state index in [1.807, 2.05) is 42.5 Å². The average molecular weight is 364 g/mol. The Morgan fingerprint density at radius 1 is 1.04 bits per heavy atom. The Kier molecular flexibility index (Phi) is 5.21. The monoisotopic (exact) mass is 364 g/mol. The zero-order valence-electron chi connectivity index (χ0n) is 15.3. The summed E-state index contributed by atoms with van der Waals surface area (Å²) in [5.74, 6) is 0.222. The highest BCUT2D eigenvalue weighted by Gasteiger charge is 2.38. The molecule has 2 aliphatic heterocycles. The van der Waals surface area contributed by atoms with Crippen LogP contribution in [0, 0.1) is 0 Å². The number of ether oxygens (including phenoxy) is 1. The first-order valence-electron chi connectivity index (χ1n) is 9.53. The van der Waals surface area contributed by atoms with Crippen molar-refractivity contribution >= 4 is 17.5 Å². The molecular weight excluding hydrogens is 340 g/mol. The zero-order valence-corrected chi connectivity index (χ0v) is 15.3. The van der Waals surface area contributed by atoms with Gasteiger partial charge < -0.3 is 10.1 Å². The fraction of sp³-hybridized carbons (Fsp3) is 0.364. The van der Waals surface area contributed by atoms with Gasteiger partial charge in [0.1, 0.15) is 6.04 Å². The zero-order chi connectivity index (χ0) is 18.6. The van der Waals surface area contributed by atoms with Crippen LogP contribution >= 0.6 is 0 Å². The maximum Gasteiger partial charge on any atom is 0.252 e. The van der Waals surface area contributed by atoms with E-state index in [0.29, 0.717) is 18.9 Å². The topological polar surface area (TPSA) is 58.6 Å². The van der Waals surface area contributed by atoms with Crippen LogP contribution in [0.25, 0.3) is 0 Å². The fourth-order valence-electron chi connectivity index (χ4n) is 3.77. The summed E-state index contributed by atoms with van der Waals surface area (Å²) in [6.45, 7) is 2.03. The van der Waals surface area contributed by atoms with Gasteiger partial charge in [0.2, 0.25) is 5.91 Å². The largest absolute Gasteiger partial charge is 0.381 e. The normalized spacial score (nSPS) is 22.4. The molecule has 0 spiro atoms. The van der Waals surface area contributed by atoms with Gasteiger partial charge in [0.25, 0.3) is 5.91 Å². The van der Waals surface area contributed by atoms with E-state index in [2.05, 4.69) is 17.4 Å². The number of carbonyl (C=O) groups excluding carboxylic acids is 2. The fourth-order valence-corrected chi connectivity index (χ4v) is 3.77. The van der Waals surface area contributed by atoms with Crippen molar-refractivity contribution in [1.82, 2.24) is 4.90 Å². The minimum atomic E-state index is -0.478. The van der Waals surface area contributed by atoms with Gasteiger partial charge in [0, 0.05) is 24.8 Å². The first kappa shape index (κ1) is 17.7. The molecule has 2 unspecified atom stereocenters. The number of benzene rings is 2. The summed E-state index contributed by atoms with van der Waals surface area (Å²) in [5, 5.41) is 3.22. The van der Waals surface area contributed by atoms with E-state index in [1.54, 1.807) is 0 Å². The molecule has 2 atom stereocenters. The summed E-state index contributed by atoms with van der Waals surface area (Å²) in [6.07, 6.45) is 1.95. The summed E-state index contributed by atoms with van der Waals surface area (Å²) in [5.41, 5.74) is 3.26. The molecule has 1 N–H and O–H groups in total. The first-order valence-corrected chi connectivity index (χ1v) is 9.53. The van der Waals surface area contributed by atoms with Crippen molar-refractivity contribution in [2.45, 2.75) is 31.2 Å². The molecule has 2 aliphatic rings. The molecule has 0 saturated carbocycles. The average Bonchev–Trinajstić information content (AvgIpc) is 3.31. The second-order valence-corrected chi connectivity index (χ2v) is 7.20. The minimum absolute atomic E-state index is 0.104.